The number of hydrogen-bond acceptors (Lipinski definition) is 4. The highest BCUT2D eigenvalue weighted by molar-refractivity contribution is 9.10. The van der Waals surface area contributed by atoms with Crippen LogP contribution >= 0.6 is 15.9 Å². The third kappa shape index (κ3) is 2.87. The molecule has 0 aliphatic heterocycles. The van der Waals surface area contributed by atoms with Crippen LogP contribution < -0.4 is 4.89 Å². The van der Waals surface area contributed by atoms with Gasteiger partial charge in [0.1, 0.15) is 0 Å². The molecular formula is C7H6BrNO3. The van der Waals surface area contributed by atoms with Crippen LogP contribution in [0.2, 0.25) is 0 Å². The van der Waals surface area contributed by atoms with E-state index in [1.807, 2.05) is 0 Å². The molecule has 0 spiro atoms. The summed E-state index contributed by atoms with van der Waals surface area (Å²) < 4.78 is 0.831. The number of pyridine rings is 1. The van der Waals surface area contributed by atoms with E-state index >= 15 is 0 Å². The first-order valence-corrected chi connectivity index (χ1v) is 3.94. The minimum Gasteiger partial charge on any atom is -0.266 e. The Labute approximate surface area is 77.6 Å². The molecule has 0 unspecified atom stereocenters. The lowest BCUT2D eigenvalue weighted by molar-refractivity contribution is -0.212. The molecular weight excluding hydrogens is 226 g/mol. The Hall–Kier alpha value is -1.10. The van der Waals surface area contributed by atoms with E-state index < -0.39 is 5.97 Å². The van der Waals surface area contributed by atoms with Crippen molar-refractivity contribution in [2.75, 3.05) is 0 Å². The van der Waals surface area contributed by atoms with Crippen LogP contribution in [-0.2, 0) is 9.68 Å². The molecule has 0 saturated heterocycles. The van der Waals surface area contributed by atoms with E-state index in [-0.39, 0.29) is 5.88 Å². The van der Waals surface area contributed by atoms with Gasteiger partial charge in [0.2, 0.25) is 0 Å². The molecule has 1 heterocycles. The van der Waals surface area contributed by atoms with Gasteiger partial charge in [-0.05, 0) is 22.0 Å². The topological polar surface area (TPSA) is 48.4 Å². The van der Waals surface area contributed by atoms with Gasteiger partial charge in [0.15, 0.2) is 0 Å². The lowest BCUT2D eigenvalue weighted by Crippen LogP contribution is -2.03. The number of carbonyl (C=O) groups excluding carboxylic acids is 1. The second kappa shape index (κ2) is 4.06. The normalized spacial score (nSPS) is 9.17. The van der Waals surface area contributed by atoms with Gasteiger partial charge in [0.05, 0.1) is 0 Å². The highest BCUT2D eigenvalue weighted by Crippen LogP contribution is 2.12. The molecule has 0 atom stereocenters. The monoisotopic (exact) mass is 231 g/mol. The second-order valence-electron chi connectivity index (χ2n) is 1.97. The highest BCUT2D eigenvalue weighted by Gasteiger charge is 1.98. The Kier molecular flexibility index (Phi) is 3.04. The summed E-state index contributed by atoms with van der Waals surface area (Å²) in [6.07, 6.45) is 1.54. The van der Waals surface area contributed by atoms with Crippen LogP contribution in [0.5, 0.6) is 5.88 Å². The van der Waals surface area contributed by atoms with Crippen molar-refractivity contribution in [2.24, 2.45) is 0 Å². The molecule has 0 fully saturated rings. The molecule has 64 valence electrons. The van der Waals surface area contributed by atoms with Gasteiger partial charge in [-0.25, -0.2) is 14.7 Å². The molecule has 0 radical (unpaired) electrons. The zero-order valence-corrected chi connectivity index (χ0v) is 7.87. The first-order chi connectivity index (χ1) is 5.68. The van der Waals surface area contributed by atoms with E-state index in [9.17, 15) is 4.79 Å². The van der Waals surface area contributed by atoms with Crippen molar-refractivity contribution in [3.8, 4) is 5.88 Å². The van der Waals surface area contributed by atoms with E-state index in [2.05, 4.69) is 30.7 Å². The number of rotatable bonds is 2. The van der Waals surface area contributed by atoms with Crippen molar-refractivity contribution in [1.82, 2.24) is 4.98 Å². The average Bonchev–Trinajstić information content (AvgIpc) is 2.03. The molecule has 4 nitrogen and oxygen atoms in total. The Bertz CT molecular complexity index is 272. The summed E-state index contributed by atoms with van der Waals surface area (Å²) >= 11 is 3.20. The van der Waals surface area contributed by atoms with Crippen molar-refractivity contribution >= 4 is 21.9 Å². The minimum absolute atomic E-state index is 0.244. The first-order valence-electron chi connectivity index (χ1n) is 3.15. The first kappa shape index (κ1) is 8.99. The summed E-state index contributed by atoms with van der Waals surface area (Å²) in [4.78, 5) is 22.9. The van der Waals surface area contributed by atoms with Crippen LogP contribution in [0.25, 0.3) is 0 Å². The van der Waals surface area contributed by atoms with E-state index in [0.29, 0.717) is 0 Å². The SMILES string of the molecule is CC(=O)OOc1ccc(Br)cn1. The maximum absolute atomic E-state index is 10.3. The fourth-order valence-electron chi connectivity index (χ4n) is 0.513. The molecule has 12 heavy (non-hydrogen) atoms. The number of halogens is 1. The van der Waals surface area contributed by atoms with Crippen molar-refractivity contribution in [3.05, 3.63) is 22.8 Å². The van der Waals surface area contributed by atoms with Crippen LogP contribution in [0, 0.1) is 0 Å². The van der Waals surface area contributed by atoms with Gasteiger partial charge in [0, 0.05) is 23.7 Å². The summed E-state index contributed by atoms with van der Waals surface area (Å²) in [6, 6.07) is 3.30. The lowest BCUT2D eigenvalue weighted by atomic mass is 10.5. The maximum Gasteiger partial charge on any atom is 0.352 e. The van der Waals surface area contributed by atoms with Crippen molar-refractivity contribution in [3.63, 3.8) is 0 Å². The number of nitrogens with zero attached hydrogens (tertiary/aromatic N) is 1. The molecule has 0 amide bonds. The van der Waals surface area contributed by atoms with Gasteiger partial charge in [-0.3, -0.25) is 4.89 Å². The van der Waals surface area contributed by atoms with Gasteiger partial charge in [0.25, 0.3) is 5.88 Å². The van der Waals surface area contributed by atoms with E-state index in [1.54, 1.807) is 18.3 Å². The van der Waals surface area contributed by atoms with Gasteiger partial charge in [-0.15, -0.1) is 0 Å². The zero-order chi connectivity index (χ0) is 8.97. The van der Waals surface area contributed by atoms with Crippen molar-refractivity contribution in [2.45, 2.75) is 6.92 Å². The smallest absolute Gasteiger partial charge is 0.266 e. The minimum atomic E-state index is -0.514. The summed E-state index contributed by atoms with van der Waals surface area (Å²) in [5.41, 5.74) is 0. The predicted molar refractivity (Wildman–Crippen MR) is 44.3 cm³/mol. The van der Waals surface area contributed by atoms with E-state index in [4.69, 9.17) is 0 Å². The standard InChI is InChI=1S/C7H6BrNO3/c1-5(10)11-12-7-3-2-6(8)4-9-7/h2-4H,1H3. The predicted octanol–water partition coefficient (Wildman–Crippen LogP) is 1.70. The molecule has 5 heteroatoms. The molecule has 0 saturated carbocycles. The third-order valence-corrected chi connectivity index (χ3v) is 1.41. The summed E-state index contributed by atoms with van der Waals surface area (Å²) in [6.45, 7) is 1.25. The summed E-state index contributed by atoms with van der Waals surface area (Å²) in [5, 5.41) is 0. The molecule has 1 aromatic rings. The van der Waals surface area contributed by atoms with Crippen LogP contribution in [0.3, 0.4) is 0 Å². The molecule has 1 rings (SSSR count). The molecule has 0 N–H and O–H groups in total. The zero-order valence-electron chi connectivity index (χ0n) is 6.28. The fraction of sp³-hybridized carbons (Fsp3) is 0.143. The number of hydrogen-bond donors (Lipinski definition) is 0. The van der Waals surface area contributed by atoms with E-state index in [1.165, 1.54) is 6.92 Å². The maximum atomic E-state index is 10.3. The van der Waals surface area contributed by atoms with Crippen LogP contribution in [0.4, 0.5) is 0 Å². The molecule has 0 aliphatic carbocycles. The average molecular weight is 232 g/mol. The van der Waals surface area contributed by atoms with Crippen LogP contribution in [0.15, 0.2) is 22.8 Å². The molecule has 0 bridgehead atoms. The van der Waals surface area contributed by atoms with Crippen molar-refractivity contribution < 1.29 is 14.6 Å². The molecule has 0 aliphatic rings. The summed E-state index contributed by atoms with van der Waals surface area (Å²) in [5.74, 6) is -0.270. The van der Waals surface area contributed by atoms with Crippen molar-refractivity contribution in [1.29, 1.82) is 0 Å². The Balaban J connectivity index is 2.53. The fourth-order valence-corrected chi connectivity index (χ4v) is 0.747. The quantitative estimate of drug-likeness (QED) is 0.575. The van der Waals surface area contributed by atoms with E-state index in [0.717, 1.165) is 4.47 Å². The number of carbonyl (C=O) groups is 1. The summed E-state index contributed by atoms with van der Waals surface area (Å²) in [7, 11) is 0. The Morgan fingerprint density at radius 1 is 1.58 bits per heavy atom. The van der Waals surface area contributed by atoms with Gasteiger partial charge < -0.3 is 0 Å². The molecule has 0 aromatic carbocycles. The largest absolute Gasteiger partial charge is 0.352 e. The van der Waals surface area contributed by atoms with Gasteiger partial charge >= 0.3 is 5.97 Å². The van der Waals surface area contributed by atoms with Crippen LogP contribution in [0.1, 0.15) is 6.92 Å². The Morgan fingerprint density at radius 3 is 2.83 bits per heavy atom. The second-order valence-corrected chi connectivity index (χ2v) is 2.89. The Morgan fingerprint density at radius 2 is 2.33 bits per heavy atom. The van der Waals surface area contributed by atoms with Gasteiger partial charge in [-0.1, -0.05) is 0 Å². The van der Waals surface area contributed by atoms with Gasteiger partial charge in [-0.2, -0.15) is 0 Å². The third-order valence-electron chi connectivity index (χ3n) is 0.945. The number of aromatic nitrogens is 1. The van der Waals surface area contributed by atoms with Crippen LogP contribution in [-0.4, -0.2) is 11.0 Å². The molecule has 1 aromatic heterocycles. The lowest BCUT2D eigenvalue weighted by Gasteiger charge is -1.99. The highest BCUT2D eigenvalue weighted by atomic mass is 79.9.